The zero-order valence-corrected chi connectivity index (χ0v) is 23.7. The van der Waals surface area contributed by atoms with Crippen molar-refractivity contribution < 1.29 is 24.1 Å². The van der Waals surface area contributed by atoms with E-state index in [9.17, 15) is 5.11 Å². The monoisotopic (exact) mass is 516 g/mol. The van der Waals surface area contributed by atoms with Crippen LogP contribution in [-0.4, -0.2) is 49.7 Å². The molecule has 3 saturated carbocycles. The number of allylic oxidation sites excluding steroid dienone is 1. The quantitative estimate of drug-likeness (QED) is 0.402. The van der Waals surface area contributed by atoms with Gasteiger partial charge < -0.3 is 24.1 Å². The Morgan fingerprint density at radius 2 is 1.68 bits per heavy atom. The van der Waals surface area contributed by atoms with Gasteiger partial charge in [0.15, 0.2) is 12.6 Å². The molecule has 0 spiro atoms. The summed E-state index contributed by atoms with van der Waals surface area (Å²) in [5.74, 6) is 3.21. The smallest absolute Gasteiger partial charge is 0.157 e. The summed E-state index contributed by atoms with van der Waals surface area (Å²) >= 11 is 0. The topological polar surface area (TPSA) is 57.2 Å². The molecule has 37 heavy (non-hydrogen) atoms. The van der Waals surface area contributed by atoms with Gasteiger partial charge in [0.1, 0.15) is 0 Å². The molecule has 0 radical (unpaired) electrons. The van der Waals surface area contributed by atoms with Crippen molar-refractivity contribution in [2.75, 3.05) is 19.8 Å². The summed E-state index contributed by atoms with van der Waals surface area (Å²) in [5.41, 5.74) is 2.01. The minimum Gasteiger partial charge on any atom is -0.396 e. The van der Waals surface area contributed by atoms with E-state index in [-0.39, 0.29) is 30.2 Å². The van der Waals surface area contributed by atoms with Gasteiger partial charge in [0.05, 0.1) is 12.2 Å². The lowest BCUT2D eigenvalue weighted by Crippen LogP contribution is -2.57. The second-order valence-electron chi connectivity index (χ2n) is 13.9. The number of hydrogen-bond acceptors (Lipinski definition) is 5. The fourth-order valence-electron chi connectivity index (χ4n) is 10.1. The van der Waals surface area contributed by atoms with Gasteiger partial charge in [0, 0.05) is 31.7 Å². The van der Waals surface area contributed by atoms with E-state index in [2.05, 4.69) is 26.8 Å². The highest BCUT2D eigenvalue weighted by molar-refractivity contribution is 5.28. The number of ether oxygens (including phenoxy) is 4. The third-order valence-electron chi connectivity index (χ3n) is 12.1. The molecule has 0 amide bonds. The van der Waals surface area contributed by atoms with Crippen LogP contribution in [0.5, 0.6) is 0 Å². The van der Waals surface area contributed by atoms with E-state index in [0.717, 1.165) is 63.6 Å². The lowest BCUT2D eigenvalue weighted by atomic mass is 9.46. The molecule has 0 aromatic carbocycles. The molecular formula is C32H52O5. The van der Waals surface area contributed by atoms with Gasteiger partial charge in [0.25, 0.3) is 0 Å². The first-order valence-corrected chi connectivity index (χ1v) is 15.8. The van der Waals surface area contributed by atoms with Crippen molar-refractivity contribution in [3.8, 4) is 0 Å². The average Bonchev–Trinajstić information content (AvgIpc) is 3.27. The first-order valence-electron chi connectivity index (χ1n) is 15.8. The summed E-state index contributed by atoms with van der Waals surface area (Å²) in [5, 5.41) is 10.0. The van der Waals surface area contributed by atoms with Crippen LogP contribution < -0.4 is 0 Å². The molecule has 4 aliphatic carbocycles. The standard InChI is InChI=1S/C32H52O5/c1-21(20-33)25-12-13-26-24-11-10-22-18-23(36-29-8-4-6-16-34-29)19-28(37-30-9-5-7-17-35-30)32(22,3)27(24)14-15-31(25,26)2/h10,21,23-30,33H,4-9,11-20H2,1-3H3/t21-,23-,24+,25-,26+,27+,28+,29?,30?,31-,32+/m1/s1. The molecule has 5 fully saturated rings. The summed E-state index contributed by atoms with van der Waals surface area (Å²) < 4.78 is 25.7. The Bertz CT molecular complexity index is 816. The van der Waals surface area contributed by atoms with Gasteiger partial charge >= 0.3 is 0 Å². The van der Waals surface area contributed by atoms with Crippen LogP contribution in [0.2, 0.25) is 0 Å². The molecule has 2 heterocycles. The summed E-state index contributed by atoms with van der Waals surface area (Å²) in [7, 11) is 0. The maximum atomic E-state index is 10.0. The van der Waals surface area contributed by atoms with E-state index in [1.165, 1.54) is 44.9 Å². The van der Waals surface area contributed by atoms with E-state index in [1.54, 1.807) is 5.57 Å². The van der Waals surface area contributed by atoms with Crippen molar-refractivity contribution in [2.24, 2.45) is 40.4 Å². The SMILES string of the molecule is C[C@H](CO)[C@H]1CC[C@H]2[C@@H]3CC=C4C[C@@H](OC5CCCCO5)C[C@H](OC5CCCCO5)[C@]4(C)[C@H]3CC[C@]12C. The normalized spacial score (nSPS) is 48.9. The molecule has 6 aliphatic rings. The molecule has 210 valence electrons. The zero-order chi connectivity index (χ0) is 25.6. The minimum absolute atomic E-state index is 0.0500. The second kappa shape index (κ2) is 10.8. The number of aliphatic hydroxyl groups is 1. The summed E-state index contributed by atoms with van der Waals surface area (Å²) in [6.45, 7) is 9.36. The fourth-order valence-corrected chi connectivity index (χ4v) is 10.1. The van der Waals surface area contributed by atoms with Crippen LogP contribution in [0.3, 0.4) is 0 Å². The van der Waals surface area contributed by atoms with Crippen molar-refractivity contribution in [3.05, 3.63) is 11.6 Å². The lowest BCUT2D eigenvalue weighted by molar-refractivity contribution is -0.248. The van der Waals surface area contributed by atoms with Crippen LogP contribution in [0, 0.1) is 40.4 Å². The highest BCUT2D eigenvalue weighted by Gasteiger charge is 2.61. The number of rotatable bonds is 6. The van der Waals surface area contributed by atoms with Crippen LogP contribution in [-0.2, 0) is 18.9 Å². The number of aliphatic hydroxyl groups excluding tert-OH is 1. The van der Waals surface area contributed by atoms with Gasteiger partial charge in [-0.1, -0.05) is 32.4 Å². The fraction of sp³-hybridized carbons (Fsp3) is 0.938. The molecule has 0 aromatic rings. The minimum atomic E-state index is -0.0722. The van der Waals surface area contributed by atoms with Gasteiger partial charge in [-0.05, 0) is 112 Å². The van der Waals surface area contributed by atoms with E-state index in [4.69, 9.17) is 18.9 Å². The van der Waals surface area contributed by atoms with E-state index >= 15 is 0 Å². The van der Waals surface area contributed by atoms with Crippen LogP contribution in [0.15, 0.2) is 11.6 Å². The van der Waals surface area contributed by atoms with Gasteiger partial charge in [0.2, 0.25) is 0 Å². The highest BCUT2D eigenvalue weighted by atomic mass is 16.7. The van der Waals surface area contributed by atoms with Crippen molar-refractivity contribution in [3.63, 3.8) is 0 Å². The van der Waals surface area contributed by atoms with Crippen molar-refractivity contribution >= 4 is 0 Å². The average molecular weight is 517 g/mol. The Balaban J connectivity index is 1.26. The molecule has 0 bridgehead atoms. The van der Waals surface area contributed by atoms with Gasteiger partial charge in [-0.15, -0.1) is 0 Å². The summed E-state index contributed by atoms with van der Waals surface area (Å²) in [4.78, 5) is 0. The first-order chi connectivity index (χ1) is 17.9. The Morgan fingerprint density at radius 1 is 0.946 bits per heavy atom. The summed E-state index contributed by atoms with van der Waals surface area (Å²) in [6.07, 6.45) is 17.9. The summed E-state index contributed by atoms with van der Waals surface area (Å²) in [6, 6.07) is 0. The molecule has 5 nitrogen and oxygen atoms in total. The zero-order valence-electron chi connectivity index (χ0n) is 23.7. The molecule has 6 rings (SSSR count). The van der Waals surface area contributed by atoms with Crippen LogP contribution >= 0.6 is 0 Å². The van der Waals surface area contributed by atoms with Crippen LogP contribution in [0.25, 0.3) is 0 Å². The van der Waals surface area contributed by atoms with Crippen LogP contribution in [0.1, 0.15) is 104 Å². The molecule has 2 unspecified atom stereocenters. The molecule has 5 heteroatoms. The maximum Gasteiger partial charge on any atom is 0.157 e. The molecule has 11 atom stereocenters. The number of hydrogen-bond donors (Lipinski definition) is 1. The second-order valence-corrected chi connectivity index (χ2v) is 13.9. The molecular weight excluding hydrogens is 464 g/mol. The predicted molar refractivity (Wildman–Crippen MR) is 144 cm³/mol. The van der Waals surface area contributed by atoms with E-state index < -0.39 is 0 Å². The van der Waals surface area contributed by atoms with Gasteiger partial charge in [-0.3, -0.25) is 0 Å². The molecule has 2 aliphatic heterocycles. The largest absolute Gasteiger partial charge is 0.396 e. The van der Waals surface area contributed by atoms with Crippen molar-refractivity contribution in [1.29, 1.82) is 0 Å². The molecule has 0 aromatic heterocycles. The van der Waals surface area contributed by atoms with E-state index in [1.807, 2.05) is 0 Å². The number of fused-ring (bicyclic) bond motifs is 5. The first kappa shape index (κ1) is 26.7. The highest BCUT2D eigenvalue weighted by Crippen LogP contribution is 2.67. The van der Waals surface area contributed by atoms with Gasteiger partial charge in [-0.25, -0.2) is 0 Å². The third-order valence-corrected chi connectivity index (χ3v) is 12.1. The Kier molecular flexibility index (Phi) is 7.84. The van der Waals surface area contributed by atoms with Crippen LogP contribution in [0.4, 0.5) is 0 Å². The third kappa shape index (κ3) is 4.77. The Hall–Kier alpha value is -0.460. The Labute approximate surface area is 225 Å². The molecule has 2 saturated heterocycles. The van der Waals surface area contributed by atoms with Crippen molar-refractivity contribution in [1.82, 2.24) is 0 Å². The lowest BCUT2D eigenvalue weighted by Gasteiger charge is -2.60. The van der Waals surface area contributed by atoms with Gasteiger partial charge in [-0.2, -0.15) is 0 Å². The van der Waals surface area contributed by atoms with Crippen molar-refractivity contribution in [2.45, 2.75) is 129 Å². The Morgan fingerprint density at radius 3 is 2.35 bits per heavy atom. The maximum absolute atomic E-state index is 10.0. The van der Waals surface area contributed by atoms with E-state index in [0.29, 0.717) is 29.8 Å². The molecule has 1 N–H and O–H groups in total. The predicted octanol–water partition coefficient (Wildman–Crippen LogP) is 6.63.